The maximum atomic E-state index is 6.01. The summed E-state index contributed by atoms with van der Waals surface area (Å²) < 4.78 is 10.6. The zero-order chi connectivity index (χ0) is 13.1. The van der Waals surface area contributed by atoms with Crippen LogP contribution in [-0.4, -0.2) is 14.2 Å². The summed E-state index contributed by atoms with van der Waals surface area (Å²) in [6, 6.07) is 10.9. The van der Waals surface area contributed by atoms with Gasteiger partial charge >= 0.3 is 0 Å². The summed E-state index contributed by atoms with van der Waals surface area (Å²) in [7, 11) is 3.24. The maximum Gasteiger partial charge on any atom is 0.127 e. The Labute approximate surface area is 111 Å². The first-order valence-corrected chi connectivity index (χ1v) is 5.81. The van der Waals surface area contributed by atoms with Gasteiger partial charge in [-0.2, -0.15) is 0 Å². The van der Waals surface area contributed by atoms with E-state index in [1.54, 1.807) is 26.4 Å². The molecule has 0 radical (unpaired) electrons. The maximum absolute atomic E-state index is 6.01. The minimum atomic E-state index is 0.629. The Kier molecular flexibility index (Phi) is 3.63. The van der Waals surface area contributed by atoms with E-state index in [-0.39, 0.29) is 0 Å². The van der Waals surface area contributed by atoms with Crippen molar-refractivity contribution in [2.75, 3.05) is 20.0 Å². The summed E-state index contributed by atoms with van der Waals surface area (Å²) in [4.78, 5) is 0. The highest BCUT2D eigenvalue weighted by Crippen LogP contribution is 2.37. The second kappa shape index (κ2) is 5.19. The molecular weight excluding hydrogens is 250 g/mol. The smallest absolute Gasteiger partial charge is 0.127 e. The number of nitrogens with two attached hydrogens (primary N) is 1. The molecule has 0 unspecified atom stereocenters. The van der Waals surface area contributed by atoms with E-state index in [0.29, 0.717) is 10.7 Å². The van der Waals surface area contributed by atoms with Gasteiger partial charge in [0, 0.05) is 21.8 Å². The molecule has 18 heavy (non-hydrogen) atoms. The molecule has 0 aliphatic carbocycles. The normalized spacial score (nSPS) is 10.2. The molecule has 4 heteroatoms. The fraction of sp³-hybridized carbons (Fsp3) is 0.143. The van der Waals surface area contributed by atoms with E-state index in [1.807, 2.05) is 24.3 Å². The first kappa shape index (κ1) is 12.6. The van der Waals surface area contributed by atoms with E-state index in [1.165, 1.54) is 0 Å². The zero-order valence-corrected chi connectivity index (χ0v) is 11.0. The lowest BCUT2D eigenvalue weighted by Crippen LogP contribution is -1.94. The van der Waals surface area contributed by atoms with Crippen LogP contribution < -0.4 is 15.2 Å². The third-order valence-corrected chi connectivity index (χ3v) is 2.95. The summed E-state index contributed by atoms with van der Waals surface area (Å²) >= 11 is 6.01. The van der Waals surface area contributed by atoms with Crippen LogP contribution in [0.5, 0.6) is 11.5 Å². The highest BCUT2D eigenvalue weighted by Gasteiger charge is 2.11. The van der Waals surface area contributed by atoms with Crippen LogP contribution in [0.2, 0.25) is 5.02 Å². The molecule has 94 valence electrons. The molecule has 3 nitrogen and oxygen atoms in total. The van der Waals surface area contributed by atoms with Gasteiger partial charge in [-0.3, -0.25) is 0 Å². The van der Waals surface area contributed by atoms with Crippen molar-refractivity contribution < 1.29 is 9.47 Å². The van der Waals surface area contributed by atoms with E-state index in [0.717, 1.165) is 22.6 Å². The topological polar surface area (TPSA) is 44.5 Å². The number of ether oxygens (including phenoxy) is 2. The van der Waals surface area contributed by atoms with Gasteiger partial charge in [-0.25, -0.2) is 0 Å². The van der Waals surface area contributed by atoms with E-state index in [2.05, 4.69) is 0 Å². The Morgan fingerprint density at radius 1 is 0.944 bits per heavy atom. The van der Waals surface area contributed by atoms with Crippen molar-refractivity contribution in [1.29, 1.82) is 0 Å². The van der Waals surface area contributed by atoms with Crippen LogP contribution in [0.4, 0.5) is 5.69 Å². The predicted octanol–water partition coefficient (Wildman–Crippen LogP) is 3.61. The quantitative estimate of drug-likeness (QED) is 0.861. The first-order chi connectivity index (χ1) is 8.65. The molecule has 0 spiro atoms. The average molecular weight is 264 g/mol. The van der Waals surface area contributed by atoms with Gasteiger partial charge in [0.15, 0.2) is 0 Å². The summed E-state index contributed by atoms with van der Waals surface area (Å²) in [5.74, 6) is 1.47. The number of benzene rings is 2. The monoisotopic (exact) mass is 263 g/mol. The Bertz CT molecular complexity index is 570. The number of methoxy groups -OCH3 is 2. The third-order valence-electron chi connectivity index (χ3n) is 2.71. The van der Waals surface area contributed by atoms with E-state index in [4.69, 9.17) is 26.8 Å². The van der Waals surface area contributed by atoms with E-state index in [9.17, 15) is 0 Å². The summed E-state index contributed by atoms with van der Waals surface area (Å²) in [5.41, 5.74) is 8.32. The molecule has 0 aliphatic heterocycles. The molecule has 0 saturated carbocycles. The lowest BCUT2D eigenvalue weighted by Gasteiger charge is -2.12. The third kappa shape index (κ3) is 2.36. The van der Waals surface area contributed by atoms with Crippen molar-refractivity contribution >= 4 is 17.3 Å². The SMILES string of the molecule is COc1ccc(OC)c(-c2cc(Cl)ccc2N)c1. The van der Waals surface area contributed by atoms with Gasteiger partial charge < -0.3 is 15.2 Å². The van der Waals surface area contributed by atoms with Gasteiger partial charge in [-0.05, 0) is 36.4 Å². The molecule has 0 fully saturated rings. The minimum Gasteiger partial charge on any atom is -0.497 e. The van der Waals surface area contributed by atoms with Crippen LogP contribution in [0, 0.1) is 0 Å². The lowest BCUT2D eigenvalue weighted by atomic mass is 10.0. The van der Waals surface area contributed by atoms with Crippen LogP contribution in [0.3, 0.4) is 0 Å². The molecule has 0 bridgehead atoms. The summed E-state index contributed by atoms with van der Waals surface area (Å²) in [5, 5.41) is 0.629. The molecule has 2 aromatic carbocycles. The van der Waals surface area contributed by atoms with Crippen LogP contribution in [0.1, 0.15) is 0 Å². The predicted molar refractivity (Wildman–Crippen MR) is 74.4 cm³/mol. The Hall–Kier alpha value is -1.87. The number of nitrogen functional groups attached to an aromatic ring is 1. The fourth-order valence-electron chi connectivity index (χ4n) is 1.79. The second-order valence-electron chi connectivity index (χ2n) is 3.80. The van der Waals surface area contributed by atoms with Crippen molar-refractivity contribution in [3.8, 4) is 22.6 Å². The second-order valence-corrected chi connectivity index (χ2v) is 4.23. The number of rotatable bonds is 3. The van der Waals surface area contributed by atoms with Crippen LogP contribution >= 0.6 is 11.6 Å². The fourth-order valence-corrected chi connectivity index (χ4v) is 1.96. The zero-order valence-electron chi connectivity index (χ0n) is 10.2. The molecule has 0 saturated heterocycles. The lowest BCUT2D eigenvalue weighted by molar-refractivity contribution is 0.404. The van der Waals surface area contributed by atoms with Crippen molar-refractivity contribution in [3.05, 3.63) is 41.4 Å². The van der Waals surface area contributed by atoms with Gasteiger partial charge in [-0.15, -0.1) is 0 Å². The number of halogens is 1. The van der Waals surface area contributed by atoms with E-state index < -0.39 is 0 Å². The number of anilines is 1. The molecule has 0 heterocycles. The first-order valence-electron chi connectivity index (χ1n) is 5.43. The standard InChI is InChI=1S/C14H14ClNO2/c1-17-10-4-6-14(18-2)12(8-10)11-7-9(15)3-5-13(11)16/h3-8H,16H2,1-2H3. The van der Waals surface area contributed by atoms with Gasteiger partial charge in [-0.1, -0.05) is 11.6 Å². The Morgan fingerprint density at radius 2 is 1.72 bits per heavy atom. The molecular formula is C14H14ClNO2. The Balaban J connectivity index is 2.64. The molecule has 0 aliphatic rings. The summed E-state index contributed by atoms with van der Waals surface area (Å²) in [6.45, 7) is 0. The molecule has 0 amide bonds. The minimum absolute atomic E-state index is 0.629. The van der Waals surface area contributed by atoms with Crippen LogP contribution in [0.25, 0.3) is 11.1 Å². The highest BCUT2D eigenvalue weighted by molar-refractivity contribution is 6.31. The molecule has 0 atom stereocenters. The van der Waals surface area contributed by atoms with Crippen LogP contribution in [0.15, 0.2) is 36.4 Å². The largest absolute Gasteiger partial charge is 0.497 e. The molecule has 2 N–H and O–H groups in total. The van der Waals surface area contributed by atoms with Crippen molar-refractivity contribution in [3.63, 3.8) is 0 Å². The van der Waals surface area contributed by atoms with E-state index >= 15 is 0 Å². The van der Waals surface area contributed by atoms with Gasteiger partial charge in [0.2, 0.25) is 0 Å². The van der Waals surface area contributed by atoms with Crippen molar-refractivity contribution in [1.82, 2.24) is 0 Å². The van der Waals surface area contributed by atoms with Crippen molar-refractivity contribution in [2.24, 2.45) is 0 Å². The summed E-state index contributed by atoms with van der Waals surface area (Å²) in [6.07, 6.45) is 0. The number of hydrogen-bond acceptors (Lipinski definition) is 3. The number of hydrogen-bond donors (Lipinski definition) is 1. The van der Waals surface area contributed by atoms with Gasteiger partial charge in [0.05, 0.1) is 14.2 Å². The molecule has 0 aromatic heterocycles. The average Bonchev–Trinajstić information content (AvgIpc) is 2.40. The van der Waals surface area contributed by atoms with Crippen molar-refractivity contribution in [2.45, 2.75) is 0 Å². The molecule has 2 rings (SSSR count). The molecule has 2 aromatic rings. The van der Waals surface area contributed by atoms with Crippen LogP contribution in [-0.2, 0) is 0 Å². The Morgan fingerprint density at radius 3 is 2.39 bits per heavy atom. The van der Waals surface area contributed by atoms with Gasteiger partial charge in [0.1, 0.15) is 11.5 Å². The van der Waals surface area contributed by atoms with Gasteiger partial charge in [0.25, 0.3) is 0 Å². The highest BCUT2D eigenvalue weighted by atomic mass is 35.5.